The van der Waals surface area contributed by atoms with Gasteiger partial charge in [0.25, 0.3) is 0 Å². The largest absolute Gasteiger partial charge is 0.464 e. The minimum atomic E-state index is -0.158. The molecule has 1 fully saturated rings. The van der Waals surface area contributed by atoms with Crippen LogP contribution >= 0.6 is 12.4 Å². The fraction of sp³-hybridized carbons (Fsp3) is 0.857. The summed E-state index contributed by atoms with van der Waals surface area (Å²) in [7, 11) is 0. The molecule has 4 heteroatoms. The Hall–Kier alpha value is -0.280. The molecule has 0 atom stereocenters. The van der Waals surface area contributed by atoms with Gasteiger partial charge in [0.2, 0.25) is 0 Å². The maximum Gasteiger partial charge on any atom is 0.311 e. The second-order valence-corrected chi connectivity index (χ2v) is 2.99. The van der Waals surface area contributed by atoms with Crippen molar-refractivity contribution in [2.45, 2.75) is 19.8 Å². The maximum absolute atomic E-state index is 11.0. The van der Waals surface area contributed by atoms with Gasteiger partial charge >= 0.3 is 5.97 Å². The van der Waals surface area contributed by atoms with E-state index in [1.165, 1.54) is 0 Å². The highest BCUT2D eigenvalue weighted by Gasteiger charge is 2.46. The van der Waals surface area contributed by atoms with Crippen LogP contribution in [0.25, 0.3) is 0 Å². The van der Waals surface area contributed by atoms with Crippen LogP contribution < -0.4 is 5.73 Å². The van der Waals surface area contributed by atoms with Gasteiger partial charge in [-0.2, -0.15) is 0 Å². The third-order valence-corrected chi connectivity index (χ3v) is 1.84. The van der Waals surface area contributed by atoms with E-state index in [4.69, 9.17) is 10.5 Å². The van der Waals surface area contributed by atoms with E-state index >= 15 is 0 Å². The van der Waals surface area contributed by atoms with Crippen LogP contribution in [-0.4, -0.2) is 19.1 Å². The molecule has 0 heterocycles. The van der Waals surface area contributed by atoms with E-state index in [1.54, 1.807) is 0 Å². The van der Waals surface area contributed by atoms with Crippen molar-refractivity contribution in [3.8, 4) is 0 Å². The summed E-state index contributed by atoms with van der Waals surface area (Å²) in [6, 6.07) is 0. The summed E-state index contributed by atoms with van der Waals surface area (Å²) >= 11 is 0. The van der Waals surface area contributed by atoms with Gasteiger partial charge in [-0.05, 0) is 19.8 Å². The number of halogens is 1. The number of rotatable bonds is 3. The van der Waals surface area contributed by atoms with E-state index in [1.807, 2.05) is 6.92 Å². The summed E-state index contributed by atoms with van der Waals surface area (Å²) in [6.07, 6.45) is 1.94. The van der Waals surface area contributed by atoms with Crippen LogP contribution in [0.15, 0.2) is 0 Å². The molecule has 3 nitrogen and oxygen atoms in total. The highest BCUT2D eigenvalue weighted by atomic mass is 35.5. The van der Waals surface area contributed by atoms with Gasteiger partial charge in [-0.15, -0.1) is 12.4 Å². The zero-order valence-electron chi connectivity index (χ0n) is 6.63. The predicted molar refractivity (Wildman–Crippen MR) is 44.6 cm³/mol. The molecule has 0 spiro atoms. The molecule has 66 valence electrons. The van der Waals surface area contributed by atoms with Crippen LogP contribution in [0.5, 0.6) is 0 Å². The summed E-state index contributed by atoms with van der Waals surface area (Å²) in [5.74, 6) is -0.0852. The third kappa shape index (κ3) is 2.67. The first-order valence-corrected chi connectivity index (χ1v) is 3.56. The fourth-order valence-corrected chi connectivity index (χ4v) is 0.717. The van der Waals surface area contributed by atoms with E-state index in [2.05, 4.69) is 0 Å². The lowest BCUT2D eigenvalue weighted by molar-refractivity contribution is -0.149. The van der Waals surface area contributed by atoms with Crippen molar-refractivity contribution in [2.75, 3.05) is 13.2 Å². The summed E-state index contributed by atoms with van der Waals surface area (Å²) in [6.45, 7) is 2.70. The Balaban J connectivity index is 0.000001000. The molecule has 0 radical (unpaired) electrons. The SMILES string of the molecule is CC1(C(=O)OCCN)CC1.Cl. The quantitative estimate of drug-likeness (QED) is 0.650. The van der Waals surface area contributed by atoms with Crippen molar-refractivity contribution in [1.29, 1.82) is 0 Å². The first-order valence-electron chi connectivity index (χ1n) is 3.56. The number of nitrogens with two attached hydrogens (primary N) is 1. The predicted octanol–water partition coefficient (Wildman–Crippen LogP) is 0.710. The van der Waals surface area contributed by atoms with Gasteiger partial charge in [0.15, 0.2) is 0 Å². The number of carbonyl (C=O) groups is 1. The van der Waals surface area contributed by atoms with Crippen molar-refractivity contribution in [2.24, 2.45) is 11.1 Å². The van der Waals surface area contributed by atoms with Crippen LogP contribution in [0.4, 0.5) is 0 Å². The Morgan fingerprint density at radius 3 is 2.55 bits per heavy atom. The molecule has 1 aliphatic carbocycles. The summed E-state index contributed by atoms with van der Waals surface area (Å²) in [4.78, 5) is 11.0. The lowest BCUT2D eigenvalue weighted by Gasteiger charge is -2.06. The number of ether oxygens (including phenoxy) is 1. The lowest BCUT2D eigenvalue weighted by atomic mass is 10.1. The Labute approximate surface area is 72.7 Å². The van der Waals surface area contributed by atoms with Gasteiger partial charge < -0.3 is 10.5 Å². The van der Waals surface area contributed by atoms with Crippen LogP contribution in [0, 0.1) is 5.41 Å². The number of hydrogen-bond acceptors (Lipinski definition) is 3. The van der Waals surface area contributed by atoms with Gasteiger partial charge in [-0.1, -0.05) is 0 Å². The van der Waals surface area contributed by atoms with Crippen LogP contribution in [-0.2, 0) is 9.53 Å². The van der Waals surface area contributed by atoms with Crippen molar-refractivity contribution in [1.82, 2.24) is 0 Å². The topological polar surface area (TPSA) is 52.3 Å². The molecule has 0 amide bonds. The van der Waals surface area contributed by atoms with Crippen LogP contribution in [0.1, 0.15) is 19.8 Å². The van der Waals surface area contributed by atoms with Gasteiger partial charge in [0.1, 0.15) is 6.61 Å². The van der Waals surface area contributed by atoms with E-state index in [0.29, 0.717) is 13.2 Å². The van der Waals surface area contributed by atoms with Gasteiger partial charge in [0.05, 0.1) is 5.41 Å². The van der Waals surface area contributed by atoms with E-state index in [0.717, 1.165) is 12.8 Å². The average molecular weight is 180 g/mol. The second-order valence-electron chi connectivity index (χ2n) is 2.99. The van der Waals surface area contributed by atoms with Crippen molar-refractivity contribution >= 4 is 18.4 Å². The third-order valence-electron chi connectivity index (χ3n) is 1.84. The molecular weight excluding hydrogens is 166 g/mol. The minimum Gasteiger partial charge on any atom is -0.464 e. The molecule has 0 aliphatic heterocycles. The van der Waals surface area contributed by atoms with Gasteiger partial charge in [-0.25, -0.2) is 0 Å². The zero-order valence-corrected chi connectivity index (χ0v) is 7.45. The van der Waals surface area contributed by atoms with Crippen molar-refractivity contribution < 1.29 is 9.53 Å². The fourth-order valence-electron chi connectivity index (χ4n) is 0.717. The number of carbonyl (C=O) groups excluding carboxylic acids is 1. The molecule has 2 N–H and O–H groups in total. The molecule has 0 aromatic heterocycles. The molecule has 0 bridgehead atoms. The molecule has 1 aliphatic rings. The lowest BCUT2D eigenvalue weighted by Crippen LogP contribution is -2.19. The Morgan fingerprint density at radius 1 is 1.64 bits per heavy atom. The Kier molecular flexibility index (Phi) is 3.83. The van der Waals surface area contributed by atoms with Gasteiger partial charge in [0, 0.05) is 6.54 Å². The second kappa shape index (κ2) is 3.93. The number of esters is 1. The highest BCUT2D eigenvalue weighted by Crippen LogP contribution is 2.45. The first kappa shape index (κ1) is 10.7. The molecule has 11 heavy (non-hydrogen) atoms. The van der Waals surface area contributed by atoms with Crippen LogP contribution in [0.3, 0.4) is 0 Å². The summed E-state index contributed by atoms with van der Waals surface area (Å²) < 4.78 is 4.85. The summed E-state index contributed by atoms with van der Waals surface area (Å²) in [5.41, 5.74) is 5.01. The van der Waals surface area contributed by atoms with Crippen LogP contribution in [0.2, 0.25) is 0 Å². The number of hydrogen-bond donors (Lipinski definition) is 1. The smallest absolute Gasteiger partial charge is 0.311 e. The standard InChI is InChI=1S/C7H13NO2.ClH/c1-7(2-3-7)6(9)10-5-4-8;/h2-5,8H2,1H3;1H. The average Bonchev–Trinajstić information content (AvgIpc) is 2.64. The minimum absolute atomic E-state index is 0. The molecule has 0 saturated heterocycles. The Bertz CT molecular complexity index is 145. The van der Waals surface area contributed by atoms with Crippen molar-refractivity contribution in [3.05, 3.63) is 0 Å². The van der Waals surface area contributed by atoms with E-state index in [9.17, 15) is 4.79 Å². The molecule has 1 saturated carbocycles. The maximum atomic E-state index is 11.0. The molecule has 0 aromatic carbocycles. The van der Waals surface area contributed by atoms with E-state index < -0.39 is 0 Å². The summed E-state index contributed by atoms with van der Waals surface area (Å²) in [5, 5.41) is 0. The molecule has 1 rings (SSSR count). The molecule has 0 unspecified atom stereocenters. The first-order chi connectivity index (χ1) is 4.69. The Morgan fingerprint density at radius 2 is 2.18 bits per heavy atom. The monoisotopic (exact) mass is 179 g/mol. The normalized spacial score (nSPS) is 18.4. The van der Waals surface area contributed by atoms with Gasteiger partial charge in [-0.3, -0.25) is 4.79 Å². The molecular formula is C7H14ClNO2. The highest BCUT2D eigenvalue weighted by molar-refractivity contribution is 5.85. The zero-order chi connectivity index (χ0) is 7.61. The van der Waals surface area contributed by atoms with E-state index in [-0.39, 0.29) is 23.8 Å². The van der Waals surface area contributed by atoms with Crippen molar-refractivity contribution in [3.63, 3.8) is 0 Å². The molecule has 0 aromatic rings.